The zero-order valence-corrected chi connectivity index (χ0v) is 16.1. The summed E-state index contributed by atoms with van der Waals surface area (Å²) in [5, 5.41) is 3.42. The second-order valence-electron chi connectivity index (χ2n) is 4.69. The first-order chi connectivity index (χ1) is 11.3. The van der Waals surface area contributed by atoms with Gasteiger partial charge in [-0.25, -0.2) is 0 Å². The molecule has 0 atom stereocenters. The van der Waals surface area contributed by atoms with Gasteiger partial charge in [-0.05, 0) is 55.8 Å². The van der Waals surface area contributed by atoms with Gasteiger partial charge < -0.3 is 5.73 Å². The third kappa shape index (κ3) is 5.81. The van der Waals surface area contributed by atoms with Gasteiger partial charge in [0.05, 0.1) is 0 Å². The number of ketones is 2. The molecule has 0 fully saturated rings. The minimum atomic E-state index is -0.116. The molecule has 0 saturated heterocycles. The molecule has 2 aromatic rings. The predicted molar refractivity (Wildman–Crippen MR) is 102 cm³/mol. The van der Waals surface area contributed by atoms with E-state index < -0.39 is 0 Å². The van der Waals surface area contributed by atoms with Crippen molar-refractivity contribution in [3.8, 4) is 0 Å². The smallest absolute Gasteiger partial charge is 0.161 e. The fourth-order valence-electron chi connectivity index (χ4n) is 1.79. The lowest BCUT2D eigenvalue weighted by atomic mass is 10.1. The van der Waals surface area contributed by atoms with Gasteiger partial charge in [-0.15, -0.1) is 0 Å². The van der Waals surface area contributed by atoms with Crippen molar-refractivity contribution in [3.05, 3.63) is 66.9 Å². The first-order valence-corrected chi connectivity index (χ1v) is 8.26. The SMILES string of the molecule is CC(=O)c1ccc(Br)cc1N.CC(=O)c1ccc(Br)cc1N=[N+]=[N-]. The molecule has 0 spiro atoms. The highest BCUT2D eigenvalue weighted by molar-refractivity contribution is 9.10. The number of hydrogen-bond acceptors (Lipinski definition) is 4. The Balaban J connectivity index is 0.000000243. The molecule has 0 saturated carbocycles. The molecule has 0 aliphatic carbocycles. The minimum Gasteiger partial charge on any atom is -0.398 e. The van der Waals surface area contributed by atoms with E-state index in [4.69, 9.17) is 11.3 Å². The average molecular weight is 454 g/mol. The lowest BCUT2D eigenvalue weighted by Gasteiger charge is -2.00. The van der Waals surface area contributed by atoms with Crippen LogP contribution in [0.5, 0.6) is 0 Å². The number of hydrogen-bond donors (Lipinski definition) is 1. The number of benzene rings is 2. The first-order valence-electron chi connectivity index (χ1n) is 6.67. The molecule has 24 heavy (non-hydrogen) atoms. The van der Waals surface area contributed by atoms with Crippen LogP contribution in [0.25, 0.3) is 10.4 Å². The summed E-state index contributed by atoms with van der Waals surface area (Å²) in [6.07, 6.45) is 0. The largest absolute Gasteiger partial charge is 0.398 e. The van der Waals surface area contributed by atoms with Crippen LogP contribution in [-0.4, -0.2) is 11.6 Å². The van der Waals surface area contributed by atoms with E-state index in [2.05, 4.69) is 41.9 Å². The van der Waals surface area contributed by atoms with E-state index in [0.29, 0.717) is 22.5 Å². The molecule has 0 radical (unpaired) electrons. The number of nitrogens with two attached hydrogens (primary N) is 1. The second-order valence-corrected chi connectivity index (χ2v) is 6.53. The van der Waals surface area contributed by atoms with E-state index in [1.807, 2.05) is 0 Å². The normalized spacial score (nSPS) is 9.33. The minimum absolute atomic E-state index is 0.00463. The van der Waals surface area contributed by atoms with Crippen LogP contribution in [0, 0.1) is 0 Å². The summed E-state index contributed by atoms with van der Waals surface area (Å²) in [6, 6.07) is 10.2. The maximum absolute atomic E-state index is 11.1. The molecular weight excluding hydrogens is 440 g/mol. The summed E-state index contributed by atoms with van der Waals surface area (Å²) in [5.74, 6) is -0.120. The van der Waals surface area contributed by atoms with Gasteiger partial charge >= 0.3 is 0 Å². The van der Waals surface area contributed by atoms with Crippen molar-refractivity contribution in [2.75, 3.05) is 5.73 Å². The second kappa shape index (κ2) is 9.22. The maximum atomic E-state index is 11.1. The fourth-order valence-corrected chi connectivity index (χ4v) is 2.52. The van der Waals surface area contributed by atoms with Gasteiger partial charge in [0.1, 0.15) is 0 Å². The monoisotopic (exact) mass is 452 g/mol. The number of halogens is 2. The van der Waals surface area contributed by atoms with Crippen molar-refractivity contribution in [3.63, 3.8) is 0 Å². The van der Waals surface area contributed by atoms with Crippen LogP contribution in [0.1, 0.15) is 34.6 Å². The Bertz CT molecular complexity index is 831. The van der Waals surface area contributed by atoms with Gasteiger partial charge in [-0.3, -0.25) is 9.59 Å². The number of Topliss-reactive ketones (excluding diaryl/α,β-unsaturated/α-hetero) is 2. The molecule has 2 rings (SSSR count). The van der Waals surface area contributed by atoms with E-state index in [1.165, 1.54) is 13.8 Å². The van der Waals surface area contributed by atoms with Crippen LogP contribution in [-0.2, 0) is 0 Å². The van der Waals surface area contributed by atoms with Crippen molar-refractivity contribution in [1.82, 2.24) is 0 Å². The summed E-state index contributed by atoms with van der Waals surface area (Å²) in [7, 11) is 0. The Hall–Kier alpha value is -2.15. The van der Waals surface area contributed by atoms with E-state index in [0.717, 1.165) is 8.95 Å². The molecule has 0 bridgehead atoms. The van der Waals surface area contributed by atoms with Gasteiger partial charge in [0.2, 0.25) is 0 Å². The van der Waals surface area contributed by atoms with Crippen LogP contribution >= 0.6 is 31.9 Å². The predicted octanol–water partition coefficient (Wildman–Crippen LogP) is 5.83. The van der Waals surface area contributed by atoms with Crippen molar-refractivity contribution in [2.24, 2.45) is 5.11 Å². The standard InChI is InChI=1S/C8H6BrN3O.C8H8BrNO/c1-5(13)7-3-2-6(9)4-8(7)11-12-10;1-5(11)7-3-2-6(9)4-8(7)10/h2-4H,1H3;2-4H,10H2,1H3. The summed E-state index contributed by atoms with van der Waals surface area (Å²) in [6.45, 7) is 2.93. The highest BCUT2D eigenvalue weighted by atomic mass is 79.9. The Morgan fingerprint density at radius 3 is 1.96 bits per heavy atom. The van der Waals surface area contributed by atoms with Crippen LogP contribution < -0.4 is 5.73 Å². The van der Waals surface area contributed by atoms with Crippen molar-refractivity contribution < 1.29 is 9.59 Å². The van der Waals surface area contributed by atoms with Gasteiger partial charge in [-0.1, -0.05) is 37.0 Å². The van der Waals surface area contributed by atoms with Gasteiger partial charge in [0, 0.05) is 36.4 Å². The highest BCUT2D eigenvalue weighted by Crippen LogP contribution is 2.24. The molecule has 0 aliphatic heterocycles. The van der Waals surface area contributed by atoms with Crippen LogP contribution in [0.15, 0.2) is 50.5 Å². The third-order valence-electron chi connectivity index (χ3n) is 2.88. The van der Waals surface area contributed by atoms with Crippen LogP contribution in [0.2, 0.25) is 0 Å². The molecule has 0 aliphatic rings. The Labute approximate surface area is 155 Å². The van der Waals surface area contributed by atoms with E-state index in [9.17, 15) is 9.59 Å². The van der Waals surface area contributed by atoms with E-state index >= 15 is 0 Å². The molecular formula is C16H14Br2N4O2. The molecule has 2 N–H and O–H groups in total. The molecule has 0 unspecified atom stereocenters. The quantitative estimate of drug-likeness (QED) is 0.207. The number of nitrogens with zero attached hydrogens (tertiary/aromatic N) is 3. The van der Waals surface area contributed by atoms with Crippen LogP contribution in [0.4, 0.5) is 11.4 Å². The maximum Gasteiger partial charge on any atom is 0.161 e. The number of carbonyl (C=O) groups is 2. The summed E-state index contributed by atoms with van der Waals surface area (Å²) < 4.78 is 1.67. The molecule has 0 aromatic heterocycles. The van der Waals surface area contributed by atoms with Crippen molar-refractivity contribution in [2.45, 2.75) is 13.8 Å². The third-order valence-corrected chi connectivity index (χ3v) is 3.87. The lowest BCUT2D eigenvalue weighted by Crippen LogP contribution is -1.98. The summed E-state index contributed by atoms with van der Waals surface area (Å²) in [5.41, 5.74) is 15.7. The topological polar surface area (TPSA) is 109 Å². The van der Waals surface area contributed by atoms with Gasteiger partial charge in [0.25, 0.3) is 0 Å². The lowest BCUT2D eigenvalue weighted by molar-refractivity contribution is 0.101. The van der Waals surface area contributed by atoms with Crippen molar-refractivity contribution in [1.29, 1.82) is 0 Å². The zero-order valence-electron chi connectivity index (χ0n) is 13.0. The molecule has 124 valence electrons. The summed E-state index contributed by atoms with van der Waals surface area (Å²) in [4.78, 5) is 24.6. The number of azide groups is 1. The Kier molecular flexibility index (Phi) is 7.64. The average Bonchev–Trinajstić information content (AvgIpc) is 2.47. The molecule has 2 aromatic carbocycles. The van der Waals surface area contributed by atoms with Crippen molar-refractivity contribution >= 4 is 54.8 Å². The number of carbonyl (C=O) groups excluding carboxylic acids is 2. The Morgan fingerprint density at radius 1 is 1.00 bits per heavy atom. The molecule has 0 heterocycles. The fraction of sp³-hybridized carbons (Fsp3) is 0.125. The molecule has 0 amide bonds. The number of nitrogen functional groups attached to an aromatic ring is 1. The highest BCUT2D eigenvalue weighted by Gasteiger charge is 2.05. The molecule has 8 heteroatoms. The van der Waals surface area contributed by atoms with Gasteiger partial charge in [0.15, 0.2) is 11.6 Å². The zero-order chi connectivity index (χ0) is 18.3. The number of rotatable bonds is 3. The van der Waals surface area contributed by atoms with E-state index in [-0.39, 0.29) is 11.6 Å². The first kappa shape index (κ1) is 19.9. The molecule has 6 nitrogen and oxygen atoms in total. The van der Waals surface area contributed by atoms with Crippen LogP contribution in [0.3, 0.4) is 0 Å². The summed E-state index contributed by atoms with van der Waals surface area (Å²) >= 11 is 6.47. The van der Waals surface area contributed by atoms with Gasteiger partial charge in [-0.2, -0.15) is 0 Å². The number of anilines is 1. The van der Waals surface area contributed by atoms with E-state index in [1.54, 1.807) is 36.4 Å². The Morgan fingerprint density at radius 2 is 1.50 bits per heavy atom.